The SMILES string of the molecule is C=CC(=O)/C(O)=C/c1ncc(C(F)(F)F)n1CCC(c1ccccc1)c1ccccc1. The predicted molar refractivity (Wildman–Crippen MR) is 112 cm³/mol. The predicted octanol–water partition coefficient (Wildman–Crippen LogP) is 5.78. The van der Waals surface area contributed by atoms with E-state index in [9.17, 15) is 23.1 Å². The molecule has 0 amide bonds. The van der Waals surface area contributed by atoms with E-state index in [0.29, 0.717) is 12.6 Å². The zero-order chi connectivity index (χ0) is 22.4. The number of ketones is 1. The van der Waals surface area contributed by atoms with Crippen LogP contribution in [0.4, 0.5) is 13.2 Å². The molecule has 0 bridgehead atoms. The van der Waals surface area contributed by atoms with E-state index in [-0.39, 0.29) is 18.3 Å². The summed E-state index contributed by atoms with van der Waals surface area (Å²) < 4.78 is 41.7. The van der Waals surface area contributed by atoms with Gasteiger partial charge in [-0.3, -0.25) is 4.79 Å². The van der Waals surface area contributed by atoms with Crippen molar-refractivity contribution in [2.45, 2.75) is 25.1 Å². The van der Waals surface area contributed by atoms with Gasteiger partial charge in [-0.15, -0.1) is 0 Å². The lowest BCUT2D eigenvalue weighted by atomic mass is 9.88. The minimum atomic E-state index is -4.63. The molecule has 3 aromatic rings. The fourth-order valence-electron chi connectivity index (χ4n) is 3.42. The van der Waals surface area contributed by atoms with Crippen LogP contribution in [0.2, 0.25) is 0 Å². The topological polar surface area (TPSA) is 55.1 Å². The maximum atomic E-state index is 13.6. The molecule has 0 radical (unpaired) electrons. The molecule has 3 rings (SSSR count). The molecule has 0 aliphatic rings. The second kappa shape index (κ2) is 9.47. The van der Waals surface area contributed by atoms with Gasteiger partial charge in [-0.25, -0.2) is 4.98 Å². The second-order valence-electron chi connectivity index (χ2n) is 6.91. The molecule has 7 heteroatoms. The number of carbonyl (C=O) groups is 1. The zero-order valence-electron chi connectivity index (χ0n) is 16.6. The quantitative estimate of drug-likeness (QED) is 0.367. The number of hydrogen-bond donors (Lipinski definition) is 1. The van der Waals surface area contributed by atoms with E-state index in [1.54, 1.807) is 0 Å². The largest absolute Gasteiger partial charge is 0.504 e. The summed E-state index contributed by atoms with van der Waals surface area (Å²) in [6.45, 7) is 3.24. The number of aromatic nitrogens is 2. The molecule has 31 heavy (non-hydrogen) atoms. The lowest BCUT2D eigenvalue weighted by molar-refractivity contribution is -0.143. The van der Waals surface area contributed by atoms with Crippen molar-refractivity contribution in [2.75, 3.05) is 0 Å². The molecule has 1 heterocycles. The van der Waals surface area contributed by atoms with Crippen molar-refractivity contribution in [2.24, 2.45) is 0 Å². The van der Waals surface area contributed by atoms with Gasteiger partial charge in [0.25, 0.3) is 0 Å². The highest BCUT2D eigenvalue weighted by atomic mass is 19.4. The van der Waals surface area contributed by atoms with Crippen molar-refractivity contribution in [3.8, 4) is 0 Å². The van der Waals surface area contributed by atoms with Gasteiger partial charge >= 0.3 is 6.18 Å². The monoisotopic (exact) mass is 426 g/mol. The molecule has 0 spiro atoms. The van der Waals surface area contributed by atoms with Crippen LogP contribution in [0.3, 0.4) is 0 Å². The number of benzene rings is 2. The fraction of sp³-hybridized carbons (Fsp3) is 0.167. The molecule has 0 saturated carbocycles. The van der Waals surface area contributed by atoms with Gasteiger partial charge < -0.3 is 9.67 Å². The van der Waals surface area contributed by atoms with Crippen molar-refractivity contribution in [3.63, 3.8) is 0 Å². The number of nitrogens with zero attached hydrogens (tertiary/aromatic N) is 2. The van der Waals surface area contributed by atoms with Crippen molar-refractivity contribution in [1.82, 2.24) is 9.55 Å². The minimum absolute atomic E-state index is 0.0231. The third kappa shape index (κ3) is 5.31. The number of carbonyl (C=O) groups excluding carboxylic acids is 1. The van der Waals surface area contributed by atoms with Crippen LogP contribution in [-0.4, -0.2) is 20.4 Å². The van der Waals surface area contributed by atoms with E-state index in [1.807, 2.05) is 60.7 Å². The fourth-order valence-corrected chi connectivity index (χ4v) is 3.42. The summed E-state index contributed by atoms with van der Waals surface area (Å²) in [7, 11) is 0. The molecule has 0 aliphatic carbocycles. The lowest BCUT2D eigenvalue weighted by Gasteiger charge is -2.20. The van der Waals surface area contributed by atoms with Crippen LogP contribution in [0.1, 0.15) is 35.0 Å². The van der Waals surface area contributed by atoms with Crippen molar-refractivity contribution in [1.29, 1.82) is 0 Å². The molecule has 0 atom stereocenters. The van der Waals surface area contributed by atoms with Crippen molar-refractivity contribution in [3.05, 3.63) is 108 Å². The highest BCUT2D eigenvalue weighted by Crippen LogP contribution is 2.33. The van der Waals surface area contributed by atoms with Crippen LogP contribution >= 0.6 is 0 Å². The molecule has 0 fully saturated rings. The molecular weight excluding hydrogens is 405 g/mol. The Morgan fingerprint density at radius 3 is 2.10 bits per heavy atom. The molecule has 1 N–H and O–H groups in total. The molecule has 0 aliphatic heterocycles. The maximum Gasteiger partial charge on any atom is 0.433 e. The Morgan fingerprint density at radius 1 is 1.06 bits per heavy atom. The number of allylic oxidation sites excluding steroid dienone is 1. The van der Waals surface area contributed by atoms with Crippen LogP contribution in [-0.2, 0) is 17.5 Å². The van der Waals surface area contributed by atoms with E-state index in [2.05, 4.69) is 11.6 Å². The molecule has 0 unspecified atom stereocenters. The van der Waals surface area contributed by atoms with Crippen LogP contribution in [0, 0.1) is 0 Å². The average Bonchev–Trinajstić information content (AvgIpc) is 3.17. The van der Waals surface area contributed by atoms with Gasteiger partial charge in [-0.1, -0.05) is 67.2 Å². The van der Waals surface area contributed by atoms with E-state index in [4.69, 9.17) is 0 Å². The first-order chi connectivity index (χ1) is 14.8. The Morgan fingerprint density at radius 2 is 1.61 bits per heavy atom. The number of imidazole rings is 1. The first-order valence-electron chi connectivity index (χ1n) is 9.61. The van der Waals surface area contributed by atoms with E-state index < -0.39 is 23.4 Å². The number of rotatable bonds is 8. The summed E-state index contributed by atoms with van der Waals surface area (Å²) in [5.74, 6) is -1.82. The van der Waals surface area contributed by atoms with E-state index in [0.717, 1.165) is 27.8 Å². The number of halogens is 3. The number of aliphatic hydroxyl groups excluding tert-OH is 1. The highest BCUT2D eigenvalue weighted by Gasteiger charge is 2.36. The van der Waals surface area contributed by atoms with E-state index in [1.165, 1.54) is 0 Å². The number of alkyl halides is 3. The Balaban J connectivity index is 1.99. The van der Waals surface area contributed by atoms with E-state index >= 15 is 0 Å². The molecule has 4 nitrogen and oxygen atoms in total. The van der Waals surface area contributed by atoms with Gasteiger partial charge in [0.2, 0.25) is 5.78 Å². The molecular formula is C24H21F3N2O2. The number of hydrogen-bond acceptors (Lipinski definition) is 3. The average molecular weight is 426 g/mol. The summed E-state index contributed by atoms with van der Waals surface area (Å²) >= 11 is 0. The maximum absolute atomic E-state index is 13.6. The van der Waals surface area contributed by atoms with Gasteiger partial charge in [-0.2, -0.15) is 13.2 Å². The molecule has 1 aromatic heterocycles. The molecule has 0 saturated heterocycles. The Bertz CT molecular complexity index is 1030. The Hall–Kier alpha value is -3.61. The summed E-state index contributed by atoms with van der Waals surface area (Å²) in [6, 6.07) is 19.0. The van der Waals surface area contributed by atoms with Gasteiger partial charge in [0.1, 0.15) is 11.5 Å². The van der Waals surface area contributed by atoms with Crippen LogP contribution < -0.4 is 0 Å². The molecule has 160 valence electrons. The zero-order valence-corrected chi connectivity index (χ0v) is 16.6. The summed E-state index contributed by atoms with van der Waals surface area (Å²) in [5.41, 5.74) is 1.01. The smallest absolute Gasteiger partial charge is 0.433 e. The second-order valence-corrected chi connectivity index (χ2v) is 6.91. The number of aliphatic hydroxyl groups is 1. The minimum Gasteiger partial charge on any atom is -0.504 e. The first-order valence-corrected chi connectivity index (χ1v) is 9.61. The van der Waals surface area contributed by atoms with Crippen molar-refractivity contribution < 1.29 is 23.1 Å². The van der Waals surface area contributed by atoms with Gasteiger partial charge in [0.15, 0.2) is 5.76 Å². The normalized spacial score (nSPS) is 12.2. The van der Waals surface area contributed by atoms with Crippen LogP contribution in [0.15, 0.2) is 85.3 Å². The summed E-state index contributed by atoms with van der Waals surface area (Å²) in [4.78, 5) is 15.4. The highest BCUT2D eigenvalue weighted by molar-refractivity contribution is 6.04. The Kier molecular flexibility index (Phi) is 6.74. The third-order valence-corrected chi connectivity index (χ3v) is 4.93. The van der Waals surface area contributed by atoms with Crippen molar-refractivity contribution >= 4 is 11.9 Å². The standard InChI is InChI=1S/C24H21F3N2O2/c1-2-20(30)21(31)15-23-28-16-22(24(25,26)27)29(23)14-13-19(17-9-5-3-6-10-17)18-11-7-4-8-12-18/h2-12,15-16,19,31H,1,13-14H2/b21-15-. The van der Waals surface area contributed by atoms with Crippen LogP contribution in [0.25, 0.3) is 6.08 Å². The summed E-state index contributed by atoms with van der Waals surface area (Å²) in [6.07, 6.45) is -1.77. The molecule has 2 aromatic carbocycles. The Labute approximate surface area is 178 Å². The van der Waals surface area contributed by atoms with Gasteiger partial charge in [0.05, 0.1) is 6.20 Å². The van der Waals surface area contributed by atoms with Gasteiger partial charge in [0, 0.05) is 18.5 Å². The van der Waals surface area contributed by atoms with Gasteiger partial charge in [-0.05, 0) is 23.6 Å². The first kappa shape index (κ1) is 22.1. The lowest BCUT2D eigenvalue weighted by Crippen LogP contribution is -2.17. The summed E-state index contributed by atoms with van der Waals surface area (Å²) in [5, 5.41) is 9.85. The van der Waals surface area contributed by atoms with Crippen LogP contribution in [0.5, 0.6) is 0 Å². The third-order valence-electron chi connectivity index (χ3n) is 4.93.